The van der Waals surface area contributed by atoms with E-state index in [4.69, 9.17) is 11.6 Å². The topological polar surface area (TPSA) is 15.8 Å². The van der Waals surface area contributed by atoms with Crippen LogP contribution in [0, 0.1) is 0 Å². The largest absolute Gasteiger partial charge is 0.354 e. The van der Waals surface area contributed by atoms with Crippen LogP contribution in [0.1, 0.15) is 12.5 Å². The van der Waals surface area contributed by atoms with Crippen LogP contribution in [0.15, 0.2) is 48.5 Å². The minimum atomic E-state index is 0.804. The Hall–Kier alpha value is -1.73. The molecule has 0 atom stereocenters. The van der Waals surface area contributed by atoms with Gasteiger partial charge in [0.05, 0.1) is 0 Å². The number of rotatable bonds is 2. The zero-order valence-corrected chi connectivity index (χ0v) is 11.0. The lowest BCUT2D eigenvalue weighted by molar-refractivity contribution is 1.15. The van der Waals surface area contributed by atoms with Crippen molar-refractivity contribution >= 4 is 22.5 Å². The van der Waals surface area contributed by atoms with E-state index in [0.717, 1.165) is 17.1 Å². The maximum absolute atomic E-state index is 6.14. The Morgan fingerprint density at radius 2 is 1.83 bits per heavy atom. The van der Waals surface area contributed by atoms with Crippen LogP contribution in [-0.4, -0.2) is 4.98 Å². The highest BCUT2D eigenvalue weighted by Crippen LogP contribution is 2.29. The standard InChI is InChI=1S/C16H14ClN/c1-2-11-8-14(17)9-13-10-15(18-16(11)13)12-6-4-3-5-7-12/h3-10,18H,2H2,1H3. The van der Waals surface area contributed by atoms with E-state index in [1.165, 1.54) is 22.0 Å². The van der Waals surface area contributed by atoms with Crippen molar-refractivity contribution in [2.75, 3.05) is 0 Å². The summed E-state index contributed by atoms with van der Waals surface area (Å²) in [7, 11) is 0. The molecule has 0 spiro atoms. The van der Waals surface area contributed by atoms with E-state index in [1.54, 1.807) is 0 Å². The molecule has 2 heteroatoms. The zero-order valence-electron chi connectivity index (χ0n) is 10.2. The van der Waals surface area contributed by atoms with Crippen LogP contribution in [0.2, 0.25) is 5.02 Å². The van der Waals surface area contributed by atoms with E-state index in [9.17, 15) is 0 Å². The Morgan fingerprint density at radius 1 is 1.06 bits per heavy atom. The van der Waals surface area contributed by atoms with Gasteiger partial charge in [-0.1, -0.05) is 48.9 Å². The summed E-state index contributed by atoms with van der Waals surface area (Å²) < 4.78 is 0. The molecule has 2 aromatic carbocycles. The van der Waals surface area contributed by atoms with E-state index < -0.39 is 0 Å². The van der Waals surface area contributed by atoms with Gasteiger partial charge in [0.1, 0.15) is 0 Å². The van der Waals surface area contributed by atoms with Gasteiger partial charge in [0.25, 0.3) is 0 Å². The van der Waals surface area contributed by atoms with Crippen LogP contribution in [0.5, 0.6) is 0 Å². The van der Waals surface area contributed by atoms with E-state index in [1.807, 2.05) is 18.2 Å². The van der Waals surface area contributed by atoms with E-state index in [2.05, 4.69) is 42.2 Å². The molecule has 0 aliphatic carbocycles. The van der Waals surface area contributed by atoms with Gasteiger partial charge in [-0.25, -0.2) is 0 Å². The second-order valence-electron chi connectivity index (χ2n) is 4.43. The SMILES string of the molecule is CCc1cc(Cl)cc2cc(-c3ccccc3)[nH]c12. The molecule has 0 bridgehead atoms. The number of hydrogen-bond donors (Lipinski definition) is 1. The van der Waals surface area contributed by atoms with E-state index in [0.29, 0.717) is 0 Å². The minimum Gasteiger partial charge on any atom is -0.354 e. The first-order chi connectivity index (χ1) is 8.78. The van der Waals surface area contributed by atoms with Crippen molar-refractivity contribution in [2.24, 2.45) is 0 Å². The van der Waals surface area contributed by atoms with Crippen LogP contribution < -0.4 is 0 Å². The molecule has 3 rings (SSSR count). The number of halogens is 1. The summed E-state index contributed by atoms with van der Waals surface area (Å²) in [6.45, 7) is 2.15. The molecular weight excluding hydrogens is 242 g/mol. The Bertz CT molecular complexity index is 683. The van der Waals surface area contributed by atoms with Crippen molar-refractivity contribution in [3.05, 3.63) is 59.1 Å². The molecule has 0 unspecified atom stereocenters. The summed E-state index contributed by atoms with van der Waals surface area (Å²) in [6, 6.07) is 16.6. The smallest absolute Gasteiger partial charge is 0.0492 e. The molecule has 3 aromatic rings. The van der Waals surface area contributed by atoms with Crippen LogP contribution in [-0.2, 0) is 6.42 Å². The number of aromatic nitrogens is 1. The van der Waals surface area contributed by atoms with Gasteiger partial charge in [-0.3, -0.25) is 0 Å². The molecule has 1 nitrogen and oxygen atoms in total. The lowest BCUT2D eigenvalue weighted by Crippen LogP contribution is -1.83. The quantitative estimate of drug-likeness (QED) is 0.659. The number of H-pyrrole nitrogens is 1. The van der Waals surface area contributed by atoms with Crippen LogP contribution >= 0.6 is 11.6 Å². The summed E-state index contributed by atoms with van der Waals surface area (Å²) in [6.07, 6.45) is 0.978. The molecule has 0 saturated carbocycles. The third kappa shape index (κ3) is 1.91. The number of hydrogen-bond acceptors (Lipinski definition) is 0. The average Bonchev–Trinajstić information content (AvgIpc) is 2.82. The maximum atomic E-state index is 6.14. The van der Waals surface area contributed by atoms with Crippen molar-refractivity contribution in [1.29, 1.82) is 0 Å². The van der Waals surface area contributed by atoms with Gasteiger partial charge in [-0.15, -0.1) is 0 Å². The number of nitrogens with one attached hydrogen (secondary N) is 1. The Kier molecular flexibility index (Phi) is 2.85. The van der Waals surface area contributed by atoms with Crippen molar-refractivity contribution in [3.63, 3.8) is 0 Å². The van der Waals surface area contributed by atoms with Gasteiger partial charge in [0.15, 0.2) is 0 Å². The molecule has 1 aromatic heterocycles. The Balaban J connectivity index is 2.23. The van der Waals surface area contributed by atoms with Crippen LogP contribution in [0.4, 0.5) is 0 Å². The fourth-order valence-electron chi connectivity index (χ4n) is 2.33. The normalized spacial score (nSPS) is 11.0. The van der Waals surface area contributed by atoms with Crippen molar-refractivity contribution < 1.29 is 0 Å². The molecule has 18 heavy (non-hydrogen) atoms. The second kappa shape index (κ2) is 4.51. The molecule has 1 heterocycles. The van der Waals surface area contributed by atoms with Gasteiger partial charge < -0.3 is 4.98 Å². The minimum absolute atomic E-state index is 0.804. The fraction of sp³-hybridized carbons (Fsp3) is 0.125. The van der Waals surface area contributed by atoms with Gasteiger partial charge >= 0.3 is 0 Å². The molecule has 0 fully saturated rings. The first-order valence-electron chi connectivity index (χ1n) is 6.14. The summed E-state index contributed by atoms with van der Waals surface area (Å²) >= 11 is 6.14. The van der Waals surface area contributed by atoms with Gasteiger partial charge in [0, 0.05) is 21.6 Å². The highest BCUT2D eigenvalue weighted by molar-refractivity contribution is 6.31. The summed E-state index contributed by atoms with van der Waals surface area (Å²) in [5.41, 5.74) is 4.80. The predicted octanol–water partition coefficient (Wildman–Crippen LogP) is 5.05. The third-order valence-electron chi connectivity index (χ3n) is 3.24. The molecule has 90 valence electrons. The van der Waals surface area contributed by atoms with Crippen molar-refractivity contribution in [3.8, 4) is 11.3 Å². The van der Waals surface area contributed by atoms with E-state index in [-0.39, 0.29) is 0 Å². The maximum Gasteiger partial charge on any atom is 0.0492 e. The first-order valence-corrected chi connectivity index (χ1v) is 6.52. The summed E-state index contributed by atoms with van der Waals surface area (Å²) in [5.74, 6) is 0. The van der Waals surface area contributed by atoms with Crippen LogP contribution in [0.3, 0.4) is 0 Å². The lowest BCUT2D eigenvalue weighted by Gasteiger charge is -2.00. The molecule has 0 saturated heterocycles. The average molecular weight is 256 g/mol. The predicted molar refractivity (Wildman–Crippen MR) is 78.1 cm³/mol. The van der Waals surface area contributed by atoms with Crippen molar-refractivity contribution in [1.82, 2.24) is 4.98 Å². The number of fused-ring (bicyclic) bond motifs is 1. The Labute approximate surface area is 111 Å². The number of benzene rings is 2. The zero-order chi connectivity index (χ0) is 12.5. The van der Waals surface area contributed by atoms with Crippen LogP contribution in [0.25, 0.3) is 22.2 Å². The first kappa shape index (κ1) is 11.4. The summed E-state index contributed by atoms with van der Waals surface area (Å²) in [4.78, 5) is 3.50. The monoisotopic (exact) mass is 255 g/mol. The molecular formula is C16H14ClN. The van der Waals surface area contributed by atoms with Gasteiger partial charge in [-0.05, 0) is 35.7 Å². The molecule has 0 amide bonds. The number of aryl methyl sites for hydroxylation is 1. The fourth-order valence-corrected chi connectivity index (χ4v) is 2.58. The van der Waals surface area contributed by atoms with Gasteiger partial charge in [0.2, 0.25) is 0 Å². The molecule has 1 N–H and O–H groups in total. The second-order valence-corrected chi connectivity index (χ2v) is 4.87. The molecule has 0 aliphatic rings. The van der Waals surface area contributed by atoms with E-state index >= 15 is 0 Å². The van der Waals surface area contributed by atoms with Crippen molar-refractivity contribution in [2.45, 2.75) is 13.3 Å². The molecule has 0 aliphatic heterocycles. The highest BCUT2D eigenvalue weighted by atomic mass is 35.5. The Morgan fingerprint density at radius 3 is 2.56 bits per heavy atom. The molecule has 0 radical (unpaired) electrons. The van der Waals surface area contributed by atoms with Gasteiger partial charge in [-0.2, -0.15) is 0 Å². The third-order valence-corrected chi connectivity index (χ3v) is 3.46. The highest BCUT2D eigenvalue weighted by Gasteiger charge is 2.07. The lowest BCUT2D eigenvalue weighted by atomic mass is 10.1. The summed E-state index contributed by atoms with van der Waals surface area (Å²) in [5, 5.41) is 1.98. The number of aromatic amines is 1.